The third kappa shape index (κ3) is 3.06. The van der Waals surface area contributed by atoms with Crippen molar-refractivity contribution in [3.05, 3.63) is 40.1 Å². The Morgan fingerprint density at radius 1 is 1.48 bits per heavy atom. The fourth-order valence-corrected chi connectivity index (χ4v) is 3.17. The SMILES string of the molecule is C#CC1CC=CC2(CCN(c3nc(C)ccc3[N+](=O)[O-])CC2)O1. The van der Waals surface area contributed by atoms with Gasteiger partial charge in [-0.1, -0.05) is 18.1 Å². The lowest BCUT2D eigenvalue weighted by molar-refractivity contribution is -0.384. The van der Waals surface area contributed by atoms with Gasteiger partial charge in [-0.2, -0.15) is 0 Å². The molecule has 1 saturated heterocycles. The van der Waals surface area contributed by atoms with E-state index in [1.807, 2.05) is 11.8 Å². The standard InChI is InChI=1S/C17H19N3O3/c1-3-14-5-4-8-17(23-14)9-11-19(12-10-17)16-15(20(21)22)7-6-13(2)18-16/h1,4,6-8,14H,5,9-12H2,2H3. The zero-order valence-corrected chi connectivity index (χ0v) is 13.1. The van der Waals surface area contributed by atoms with Gasteiger partial charge in [0.1, 0.15) is 6.10 Å². The smallest absolute Gasteiger partial charge is 0.311 e. The molecule has 1 atom stereocenters. The molecule has 1 aromatic rings. The topological polar surface area (TPSA) is 68.5 Å². The van der Waals surface area contributed by atoms with Crippen LogP contribution in [0.4, 0.5) is 11.5 Å². The van der Waals surface area contributed by atoms with E-state index in [2.05, 4.69) is 23.1 Å². The number of piperidine rings is 1. The monoisotopic (exact) mass is 313 g/mol. The molecule has 6 heteroatoms. The first-order valence-electron chi connectivity index (χ1n) is 7.72. The minimum Gasteiger partial charge on any atom is -0.355 e. The second-order valence-electron chi connectivity index (χ2n) is 6.02. The first-order valence-corrected chi connectivity index (χ1v) is 7.72. The van der Waals surface area contributed by atoms with Gasteiger partial charge >= 0.3 is 5.69 Å². The molecule has 2 aliphatic rings. The average molecular weight is 313 g/mol. The van der Waals surface area contributed by atoms with Crippen LogP contribution in [0.1, 0.15) is 25.0 Å². The van der Waals surface area contributed by atoms with E-state index >= 15 is 0 Å². The molecular weight excluding hydrogens is 294 g/mol. The first-order chi connectivity index (χ1) is 11.0. The average Bonchev–Trinajstić information content (AvgIpc) is 2.55. The van der Waals surface area contributed by atoms with Crippen molar-refractivity contribution in [3.63, 3.8) is 0 Å². The van der Waals surface area contributed by atoms with Crippen LogP contribution in [0, 0.1) is 29.4 Å². The van der Waals surface area contributed by atoms with Crippen LogP contribution in [-0.4, -0.2) is 34.7 Å². The second kappa shape index (κ2) is 6.01. The van der Waals surface area contributed by atoms with Crippen molar-refractivity contribution in [2.75, 3.05) is 18.0 Å². The number of nitro groups is 1. The summed E-state index contributed by atoms with van der Waals surface area (Å²) >= 11 is 0. The highest BCUT2D eigenvalue weighted by atomic mass is 16.6. The van der Waals surface area contributed by atoms with E-state index < -0.39 is 0 Å². The lowest BCUT2D eigenvalue weighted by Gasteiger charge is -2.42. The molecule has 23 heavy (non-hydrogen) atoms. The van der Waals surface area contributed by atoms with Crippen molar-refractivity contribution in [3.8, 4) is 12.3 Å². The molecule has 2 aliphatic heterocycles. The van der Waals surface area contributed by atoms with Gasteiger partial charge in [0.15, 0.2) is 0 Å². The largest absolute Gasteiger partial charge is 0.355 e. The van der Waals surface area contributed by atoms with Gasteiger partial charge in [-0.25, -0.2) is 4.98 Å². The molecule has 3 rings (SSSR count). The fourth-order valence-electron chi connectivity index (χ4n) is 3.17. The number of aryl methyl sites for hydroxylation is 1. The third-order valence-corrected chi connectivity index (χ3v) is 4.43. The maximum atomic E-state index is 11.2. The number of pyridine rings is 1. The van der Waals surface area contributed by atoms with E-state index in [9.17, 15) is 10.1 Å². The molecule has 0 aromatic carbocycles. The summed E-state index contributed by atoms with van der Waals surface area (Å²) in [6, 6.07) is 3.19. The minimum atomic E-state index is -0.377. The van der Waals surface area contributed by atoms with Crippen LogP contribution in [0.3, 0.4) is 0 Å². The van der Waals surface area contributed by atoms with Crippen molar-refractivity contribution in [2.24, 2.45) is 0 Å². The summed E-state index contributed by atoms with van der Waals surface area (Å²) in [7, 11) is 0. The molecule has 1 fully saturated rings. The number of rotatable bonds is 2. The van der Waals surface area contributed by atoms with Crippen LogP contribution < -0.4 is 4.90 Å². The Bertz CT molecular complexity index is 685. The number of nitrogens with zero attached hydrogens (tertiary/aromatic N) is 3. The van der Waals surface area contributed by atoms with Gasteiger partial charge < -0.3 is 9.64 Å². The van der Waals surface area contributed by atoms with Gasteiger partial charge in [0.25, 0.3) is 0 Å². The number of terminal acetylenes is 1. The summed E-state index contributed by atoms with van der Waals surface area (Å²) in [4.78, 5) is 17.2. The van der Waals surface area contributed by atoms with Gasteiger partial charge in [-0.3, -0.25) is 10.1 Å². The summed E-state index contributed by atoms with van der Waals surface area (Å²) in [6.45, 7) is 3.14. The molecule has 0 aliphatic carbocycles. The molecule has 0 saturated carbocycles. The van der Waals surface area contributed by atoms with E-state index in [0.29, 0.717) is 18.9 Å². The Kier molecular flexibility index (Phi) is 4.05. The summed E-state index contributed by atoms with van der Waals surface area (Å²) in [6.07, 6.45) is 11.7. The number of anilines is 1. The van der Waals surface area contributed by atoms with Crippen LogP contribution >= 0.6 is 0 Å². The third-order valence-electron chi connectivity index (χ3n) is 4.43. The van der Waals surface area contributed by atoms with Crippen molar-refractivity contribution >= 4 is 11.5 Å². The van der Waals surface area contributed by atoms with E-state index in [1.54, 1.807) is 6.07 Å². The quantitative estimate of drug-likeness (QED) is 0.363. The second-order valence-corrected chi connectivity index (χ2v) is 6.02. The van der Waals surface area contributed by atoms with Crippen LogP contribution in [-0.2, 0) is 4.74 Å². The van der Waals surface area contributed by atoms with Crippen molar-refractivity contribution in [1.29, 1.82) is 0 Å². The highest BCUT2D eigenvalue weighted by molar-refractivity contribution is 5.58. The summed E-state index contributed by atoms with van der Waals surface area (Å²) in [5.41, 5.74) is 0.477. The van der Waals surface area contributed by atoms with Gasteiger partial charge in [0.2, 0.25) is 5.82 Å². The van der Waals surface area contributed by atoms with Crippen LogP contribution in [0.25, 0.3) is 0 Å². The fraction of sp³-hybridized carbons (Fsp3) is 0.471. The summed E-state index contributed by atoms with van der Waals surface area (Å²) in [5.74, 6) is 3.10. The molecule has 6 nitrogen and oxygen atoms in total. The van der Waals surface area contributed by atoms with Gasteiger partial charge in [0.05, 0.1) is 10.5 Å². The summed E-state index contributed by atoms with van der Waals surface area (Å²) in [5, 5.41) is 11.2. The van der Waals surface area contributed by atoms with E-state index in [0.717, 1.165) is 25.0 Å². The normalized spacial score (nSPS) is 22.8. The molecule has 1 aromatic heterocycles. The number of hydrogen-bond donors (Lipinski definition) is 0. The first kappa shape index (κ1) is 15.5. The summed E-state index contributed by atoms with van der Waals surface area (Å²) < 4.78 is 6.05. The van der Waals surface area contributed by atoms with Crippen LogP contribution in [0.15, 0.2) is 24.3 Å². The predicted molar refractivity (Wildman–Crippen MR) is 87.3 cm³/mol. The van der Waals surface area contributed by atoms with E-state index in [4.69, 9.17) is 11.2 Å². The molecule has 0 bridgehead atoms. The molecular formula is C17H19N3O3. The lowest BCUT2D eigenvalue weighted by atomic mass is 9.88. The van der Waals surface area contributed by atoms with Gasteiger partial charge in [-0.05, 0) is 25.8 Å². The number of hydrogen-bond acceptors (Lipinski definition) is 5. The highest BCUT2D eigenvalue weighted by Crippen LogP contribution is 2.36. The molecule has 120 valence electrons. The molecule has 0 N–H and O–H groups in total. The van der Waals surface area contributed by atoms with Crippen molar-refractivity contribution in [2.45, 2.75) is 37.9 Å². The maximum Gasteiger partial charge on any atom is 0.311 e. The Hall–Kier alpha value is -2.39. The van der Waals surface area contributed by atoms with E-state index in [1.165, 1.54) is 6.07 Å². The van der Waals surface area contributed by atoms with E-state index in [-0.39, 0.29) is 22.3 Å². The lowest BCUT2D eigenvalue weighted by Crippen LogP contribution is -2.48. The zero-order valence-electron chi connectivity index (χ0n) is 13.1. The molecule has 0 amide bonds. The minimum absolute atomic E-state index is 0.0492. The van der Waals surface area contributed by atoms with Crippen LogP contribution in [0.5, 0.6) is 0 Å². The number of aromatic nitrogens is 1. The van der Waals surface area contributed by atoms with Crippen LogP contribution in [0.2, 0.25) is 0 Å². The predicted octanol–water partition coefficient (Wildman–Crippen LogP) is 2.62. The molecule has 0 radical (unpaired) electrons. The highest BCUT2D eigenvalue weighted by Gasteiger charge is 2.38. The zero-order chi connectivity index (χ0) is 16.4. The molecule has 1 unspecified atom stereocenters. The van der Waals surface area contributed by atoms with Gasteiger partial charge in [0, 0.05) is 31.3 Å². The Balaban J connectivity index is 1.79. The maximum absolute atomic E-state index is 11.2. The Morgan fingerprint density at radius 3 is 2.87 bits per heavy atom. The van der Waals surface area contributed by atoms with Crippen molar-refractivity contribution in [1.82, 2.24) is 4.98 Å². The Morgan fingerprint density at radius 2 is 2.22 bits per heavy atom. The Labute approximate surface area is 135 Å². The van der Waals surface area contributed by atoms with Crippen molar-refractivity contribution < 1.29 is 9.66 Å². The van der Waals surface area contributed by atoms with Gasteiger partial charge in [-0.15, -0.1) is 6.42 Å². The molecule has 3 heterocycles. The number of ether oxygens (including phenoxy) is 1. The molecule has 1 spiro atoms.